The molecule has 0 radical (unpaired) electrons. The number of imidazole rings is 1. The third-order valence-corrected chi connectivity index (χ3v) is 6.11. The highest BCUT2D eigenvalue weighted by Crippen LogP contribution is 2.41. The largest absolute Gasteiger partial charge is 0.494 e. The Kier molecular flexibility index (Phi) is 7.20. The van der Waals surface area contributed by atoms with Crippen molar-refractivity contribution >= 4 is 28.9 Å². The number of para-hydroxylation sites is 2. The van der Waals surface area contributed by atoms with E-state index in [-0.39, 0.29) is 12.5 Å². The van der Waals surface area contributed by atoms with Crippen LogP contribution >= 0.6 is 0 Å². The van der Waals surface area contributed by atoms with Crippen LogP contribution in [0.25, 0.3) is 11.0 Å². The molecule has 2 heterocycles. The summed E-state index contributed by atoms with van der Waals surface area (Å²) in [7, 11) is 0. The van der Waals surface area contributed by atoms with Gasteiger partial charge in [0.25, 0.3) is 0 Å². The maximum absolute atomic E-state index is 13.8. The number of hydrogen-bond acceptors (Lipinski definition) is 5. The zero-order valence-electron chi connectivity index (χ0n) is 20.4. The molecule has 2 aromatic carbocycles. The molecule has 0 spiro atoms. The second-order valence-electron chi connectivity index (χ2n) is 9.03. The Morgan fingerprint density at radius 3 is 2.50 bits per heavy atom. The van der Waals surface area contributed by atoms with E-state index < -0.39 is 17.9 Å². The van der Waals surface area contributed by atoms with Gasteiger partial charge in [0.2, 0.25) is 11.9 Å². The number of amides is 1. The van der Waals surface area contributed by atoms with Gasteiger partial charge in [-0.1, -0.05) is 45.0 Å². The molecule has 1 aliphatic rings. The van der Waals surface area contributed by atoms with E-state index in [1.54, 1.807) is 11.8 Å². The highest BCUT2D eigenvalue weighted by molar-refractivity contribution is 6.08. The highest BCUT2D eigenvalue weighted by atomic mass is 16.5. The van der Waals surface area contributed by atoms with E-state index in [0.717, 1.165) is 35.2 Å². The van der Waals surface area contributed by atoms with Crippen LogP contribution in [0.1, 0.15) is 52.1 Å². The van der Waals surface area contributed by atoms with Crippen molar-refractivity contribution in [1.29, 1.82) is 0 Å². The predicted molar refractivity (Wildman–Crippen MR) is 132 cm³/mol. The molecule has 0 unspecified atom stereocenters. The van der Waals surface area contributed by atoms with Gasteiger partial charge in [-0.3, -0.25) is 14.5 Å². The summed E-state index contributed by atoms with van der Waals surface area (Å²) in [6, 6.07) is 14.9. The van der Waals surface area contributed by atoms with Gasteiger partial charge in [-0.15, -0.1) is 0 Å². The van der Waals surface area contributed by atoms with Crippen LogP contribution in [-0.2, 0) is 14.3 Å². The third kappa shape index (κ3) is 4.52. The summed E-state index contributed by atoms with van der Waals surface area (Å²) in [4.78, 5) is 33.5. The number of anilines is 1. The van der Waals surface area contributed by atoms with E-state index in [0.29, 0.717) is 25.0 Å². The van der Waals surface area contributed by atoms with E-state index in [9.17, 15) is 9.59 Å². The summed E-state index contributed by atoms with van der Waals surface area (Å²) in [5, 5.41) is 0. The van der Waals surface area contributed by atoms with Gasteiger partial charge in [0, 0.05) is 6.54 Å². The smallest absolute Gasteiger partial charge is 0.321 e. The molecule has 0 N–H and O–H groups in total. The number of ether oxygens (including phenoxy) is 2. The molecular formula is C27H33N3O4. The van der Waals surface area contributed by atoms with Gasteiger partial charge in [-0.25, -0.2) is 4.98 Å². The Labute approximate surface area is 200 Å². The topological polar surface area (TPSA) is 73.7 Å². The van der Waals surface area contributed by atoms with Crippen molar-refractivity contribution < 1.29 is 19.1 Å². The SMILES string of the molecule is CCCOc1ccc([C@@H]2[C@H](C(=O)OCC)C(=O)N(CCC(C)C)c3nc4ccccc4n32)cc1. The summed E-state index contributed by atoms with van der Waals surface area (Å²) >= 11 is 0. The first kappa shape index (κ1) is 23.8. The molecule has 0 saturated carbocycles. The summed E-state index contributed by atoms with van der Waals surface area (Å²) in [6.07, 6.45) is 1.72. The third-order valence-electron chi connectivity index (χ3n) is 6.11. The zero-order valence-corrected chi connectivity index (χ0v) is 20.4. The number of fused-ring (bicyclic) bond motifs is 3. The molecule has 0 saturated heterocycles. The van der Waals surface area contributed by atoms with Gasteiger partial charge in [-0.05, 0) is 55.5 Å². The quantitative estimate of drug-likeness (QED) is 0.330. The van der Waals surface area contributed by atoms with Gasteiger partial charge in [0.1, 0.15) is 5.75 Å². The van der Waals surface area contributed by atoms with E-state index in [1.807, 2.05) is 53.1 Å². The minimum Gasteiger partial charge on any atom is -0.494 e. The fraction of sp³-hybridized carbons (Fsp3) is 0.444. The lowest BCUT2D eigenvalue weighted by Crippen LogP contribution is -2.50. The second-order valence-corrected chi connectivity index (χ2v) is 9.03. The van der Waals surface area contributed by atoms with Crippen LogP contribution in [0.15, 0.2) is 48.5 Å². The number of benzene rings is 2. The molecule has 180 valence electrons. The maximum Gasteiger partial charge on any atom is 0.321 e. The number of carbonyl (C=O) groups is 2. The minimum atomic E-state index is -1.00. The highest BCUT2D eigenvalue weighted by Gasteiger charge is 2.47. The Morgan fingerprint density at radius 2 is 1.82 bits per heavy atom. The average Bonchev–Trinajstić information content (AvgIpc) is 3.21. The number of nitrogens with zero attached hydrogens (tertiary/aromatic N) is 3. The van der Waals surface area contributed by atoms with Crippen molar-refractivity contribution in [3.63, 3.8) is 0 Å². The molecule has 7 nitrogen and oxygen atoms in total. The van der Waals surface area contributed by atoms with Crippen molar-refractivity contribution in [1.82, 2.24) is 9.55 Å². The number of rotatable bonds is 9. The van der Waals surface area contributed by atoms with Gasteiger partial charge in [0.15, 0.2) is 5.92 Å². The fourth-order valence-corrected chi connectivity index (χ4v) is 4.43. The molecule has 1 aliphatic heterocycles. The zero-order chi connectivity index (χ0) is 24.2. The van der Waals surface area contributed by atoms with E-state index in [1.165, 1.54) is 0 Å². The van der Waals surface area contributed by atoms with Crippen molar-refractivity contribution in [2.75, 3.05) is 24.7 Å². The lowest BCUT2D eigenvalue weighted by molar-refractivity contribution is -0.153. The predicted octanol–water partition coefficient (Wildman–Crippen LogP) is 4.99. The number of aromatic nitrogens is 2. The Balaban J connectivity index is 1.88. The first-order valence-corrected chi connectivity index (χ1v) is 12.1. The van der Waals surface area contributed by atoms with Gasteiger partial charge < -0.3 is 14.0 Å². The van der Waals surface area contributed by atoms with E-state index in [4.69, 9.17) is 14.5 Å². The van der Waals surface area contributed by atoms with Crippen LogP contribution in [0.3, 0.4) is 0 Å². The fourth-order valence-electron chi connectivity index (χ4n) is 4.43. The molecule has 4 rings (SSSR count). The van der Waals surface area contributed by atoms with Crippen molar-refractivity contribution in [2.45, 2.75) is 46.6 Å². The van der Waals surface area contributed by atoms with Gasteiger partial charge in [-0.2, -0.15) is 0 Å². The molecule has 0 fully saturated rings. The molecule has 2 atom stereocenters. The lowest BCUT2D eigenvalue weighted by atomic mass is 9.89. The van der Waals surface area contributed by atoms with Gasteiger partial charge >= 0.3 is 5.97 Å². The van der Waals surface area contributed by atoms with Crippen LogP contribution in [-0.4, -0.2) is 41.2 Å². The summed E-state index contributed by atoms with van der Waals surface area (Å²) in [6.45, 7) is 9.39. The summed E-state index contributed by atoms with van der Waals surface area (Å²) in [5.74, 6) is -0.0434. The van der Waals surface area contributed by atoms with Crippen LogP contribution < -0.4 is 9.64 Å². The van der Waals surface area contributed by atoms with Gasteiger partial charge in [0.05, 0.1) is 30.3 Å². The first-order valence-electron chi connectivity index (χ1n) is 12.1. The molecule has 0 bridgehead atoms. The molecular weight excluding hydrogens is 430 g/mol. The maximum atomic E-state index is 13.8. The van der Waals surface area contributed by atoms with Crippen LogP contribution in [0.4, 0.5) is 5.95 Å². The normalized spacial score (nSPS) is 17.8. The van der Waals surface area contributed by atoms with Crippen LogP contribution in [0.5, 0.6) is 5.75 Å². The number of hydrogen-bond donors (Lipinski definition) is 0. The van der Waals surface area contributed by atoms with Crippen molar-refractivity contribution in [2.24, 2.45) is 11.8 Å². The van der Waals surface area contributed by atoms with Crippen molar-refractivity contribution in [3.05, 3.63) is 54.1 Å². The number of carbonyl (C=O) groups excluding carboxylic acids is 2. The first-order chi connectivity index (χ1) is 16.5. The van der Waals surface area contributed by atoms with Crippen LogP contribution in [0, 0.1) is 11.8 Å². The monoisotopic (exact) mass is 463 g/mol. The lowest BCUT2D eigenvalue weighted by Gasteiger charge is -2.38. The molecule has 7 heteroatoms. The Morgan fingerprint density at radius 1 is 1.09 bits per heavy atom. The standard InChI is InChI=1S/C27H33N3O4/c1-5-17-34-20-13-11-19(12-14-20)24-23(26(32)33-6-2)25(31)29(16-15-18(3)4)27-28-21-9-7-8-10-22(21)30(24)27/h7-14,18,23-24H,5-6,15-17H2,1-4H3/t23-,24+/m0/s1. The minimum absolute atomic E-state index is 0.211. The van der Waals surface area contributed by atoms with E-state index >= 15 is 0 Å². The Bertz CT molecular complexity index is 1150. The molecule has 1 aromatic heterocycles. The average molecular weight is 464 g/mol. The molecule has 34 heavy (non-hydrogen) atoms. The second kappa shape index (κ2) is 10.3. The summed E-state index contributed by atoms with van der Waals surface area (Å²) < 4.78 is 13.2. The molecule has 0 aliphatic carbocycles. The van der Waals surface area contributed by atoms with Crippen molar-refractivity contribution in [3.8, 4) is 5.75 Å². The van der Waals surface area contributed by atoms with Crippen LogP contribution in [0.2, 0.25) is 0 Å². The summed E-state index contributed by atoms with van der Waals surface area (Å²) in [5.41, 5.74) is 2.51. The molecule has 3 aromatic rings. The molecule has 1 amide bonds. The number of esters is 1. The van der Waals surface area contributed by atoms with E-state index in [2.05, 4.69) is 20.8 Å². The Hall–Kier alpha value is -3.35.